The zero-order valence-corrected chi connectivity index (χ0v) is 26.3. The third-order valence-corrected chi connectivity index (χ3v) is 7.96. The van der Waals surface area contributed by atoms with E-state index in [9.17, 15) is 22.8 Å². The van der Waals surface area contributed by atoms with E-state index in [0.29, 0.717) is 35.7 Å². The van der Waals surface area contributed by atoms with Crippen LogP contribution in [0.2, 0.25) is 5.02 Å². The number of rotatable bonds is 3. The molecular formula is C32H28ClF3N8O4. The Kier molecular flexibility index (Phi) is 9.98. The Labute approximate surface area is 276 Å². The van der Waals surface area contributed by atoms with Gasteiger partial charge in [-0.15, -0.1) is 0 Å². The lowest BCUT2D eigenvalue weighted by Crippen LogP contribution is -2.27. The minimum Gasteiger partial charge on any atom is -0.475 e. The molecule has 0 saturated heterocycles. The first-order valence-electron chi connectivity index (χ1n) is 14.6. The van der Waals surface area contributed by atoms with Crippen molar-refractivity contribution in [3.63, 3.8) is 0 Å². The van der Waals surface area contributed by atoms with Gasteiger partial charge in [0.2, 0.25) is 5.91 Å². The summed E-state index contributed by atoms with van der Waals surface area (Å²) in [6.07, 6.45) is 5.12. The third kappa shape index (κ3) is 7.57. The van der Waals surface area contributed by atoms with E-state index in [4.69, 9.17) is 26.5 Å². The molecule has 5 heterocycles. The number of nitrogens with zero attached hydrogens (tertiary/aromatic N) is 7. The maximum atomic E-state index is 13.7. The van der Waals surface area contributed by atoms with Crippen molar-refractivity contribution < 1.29 is 27.9 Å². The van der Waals surface area contributed by atoms with Gasteiger partial charge >= 0.3 is 12.1 Å². The number of benzene rings is 1. The Morgan fingerprint density at radius 2 is 1.73 bits per heavy atom. The maximum absolute atomic E-state index is 13.7. The first-order valence-corrected chi connectivity index (χ1v) is 15.0. The molecule has 1 aliphatic rings. The molecule has 1 amide bonds. The lowest BCUT2D eigenvalue weighted by atomic mass is 9.96. The van der Waals surface area contributed by atoms with Crippen LogP contribution in [-0.4, -0.2) is 57.7 Å². The van der Waals surface area contributed by atoms with E-state index in [0.717, 1.165) is 33.6 Å². The van der Waals surface area contributed by atoms with Gasteiger partial charge in [0.25, 0.3) is 5.56 Å². The number of alkyl halides is 3. The molecule has 1 aliphatic heterocycles. The summed E-state index contributed by atoms with van der Waals surface area (Å²) in [5.41, 5.74) is 5.67. The number of carboxylic acid groups (broad SMARTS) is 1. The van der Waals surface area contributed by atoms with Gasteiger partial charge in [-0.2, -0.15) is 28.5 Å². The van der Waals surface area contributed by atoms with Gasteiger partial charge < -0.3 is 10.4 Å². The van der Waals surface area contributed by atoms with Gasteiger partial charge in [-0.25, -0.2) is 9.78 Å². The molecule has 2 N–H and O–H groups in total. The highest BCUT2D eigenvalue weighted by Crippen LogP contribution is 2.34. The van der Waals surface area contributed by atoms with Crippen LogP contribution >= 0.6 is 11.6 Å². The van der Waals surface area contributed by atoms with Crippen LogP contribution in [0.25, 0.3) is 33.6 Å². The quantitative estimate of drug-likeness (QED) is 0.240. The fourth-order valence-corrected chi connectivity index (χ4v) is 5.48. The number of hydrogen-bond acceptors (Lipinski definition) is 8. The smallest absolute Gasteiger partial charge is 0.475 e. The van der Waals surface area contributed by atoms with E-state index in [1.165, 1.54) is 6.07 Å². The van der Waals surface area contributed by atoms with Crippen molar-refractivity contribution in [2.24, 2.45) is 13.0 Å². The summed E-state index contributed by atoms with van der Waals surface area (Å²) in [6.45, 7) is 1.91. The minimum absolute atomic E-state index is 0.0597. The van der Waals surface area contributed by atoms with Crippen LogP contribution in [0.3, 0.4) is 0 Å². The maximum Gasteiger partial charge on any atom is 0.490 e. The van der Waals surface area contributed by atoms with Crippen molar-refractivity contribution in [1.29, 1.82) is 0 Å². The van der Waals surface area contributed by atoms with Crippen molar-refractivity contribution in [2.75, 3.05) is 5.32 Å². The first kappa shape index (κ1) is 33.9. The zero-order valence-electron chi connectivity index (χ0n) is 25.5. The predicted molar refractivity (Wildman–Crippen MR) is 170 cm³/mol. The predicted octanol–water partition coefficient (Wildman–Crippen LogP) is 5.80. The summed E-state index contributed by atoms with van der Waals surface area (Å²) in [7, 11) is 1.83. The molecule has 1 aromatic carbocycles. The molecule has 0 spiro atoms. The van der Waals surface area contributed by atoms with Crippen molar-refractivity contribution in [1.82, 2.24) is 34.5 Å². The molecule has 248 valence electrons. The fraction of sp³-hybridized carbons (Fsp3) is 0.250. The van der Waals surface area contributed by atoms with Gasteiger partial charge in [0.05, 0.1) is 53.7 Å². The number of halogens is 4. The molecule has 48 heavy (non-hydrogen) atoms. The van der Waals surface area contributed by atoms with E-state index >= 15 is 0 Å². The van der Waals surface area contributed by atoms with Crippen molar-refractivity contribution >= 4 is 29.2 Å². The monoisotopic (exact) mass is 680 g/mol. The van der Waals surface area contributed by atoms with Crippen LogP contribution < -0.4 is 10.9 Å². The molecule has 0 saturated carbocycles. The Hall–Kier alpha value is -5.44. The highest BCUT2D eigenvalue weighted by Gasteiger charge is 2.38. The zero-order chi connectivity index (χ0) is 34.6. The molecule has 0 aliphatic carbocycles. The minimum atomic E-state index is -5.08. The van der Waals surface area contributed by atoms with E-state index in [2.05, 4.69) is 25.6 Å². The van der Waals surface area contributed by atoms with Gasteiger partial charge in [0.15, 0.2) is 0 Å². The number of fused-ring (bicyclic) bond motifs is 4. The lowest BCUT2D eigenvalue weighted by molar-refractivity contribution is -0.192. The number of carbonyl (C=O) groups excluding carboxylic acids is 1. The summed E-state index contributed by atoms with van der Waals surface area (Å²) in [6, 6.07) is 12.3. The number of carboxylic acids is 1. The molecule has 2 bridgehead atoms. The Bertz CT molecular complexity index is 2020. The molecule has 16 heteroatoms. The second-order valence-corrected chi connectivity index (χ2v) is 11.4. The molecule has 4 aromatic heterocycles. The first-order chi connectivity index (χ1) is 22.8. The molecule has 0 radical (unpaired) electrons. The lowest BCUT2D eigenvalue weighted by Gasteiger charge is -2.22. The fourth-order valence-electron chi connectivity index (χ4n) is 5.30. The summed E-state index contributed by atoms with van der Waals surface area (Å²) in [4.78, 5) is 44.9. The Morgan fingerprint density at radius 3 is 2.42 bits per heavy atom. The van der Waals surface area contributed by atoms with Crippen LogP contribution in [0.4, 0.5) is 18.9 Å². The highest BCUT2D eigenvalue weighted by atomic mass is 35.5. The van der Waals surface area contributed by atoms with Gasteiger partial charge in [0, 0.05) is 46.9 Å². The van der Waals surface area contributed by atoms with Gasteiger partial charge in [-0.3, -0.25) is 23.8 Å². The topological polar surface area (TPSA) is 158 Å². The van der Waals surface area contributed by atoms with Crippen LogP contribution in [0, 0.1) is 5.92 Å². The number of aromatic nitrogens is 7. The number of anilines is 1. The Balaban J connectivity index is 0.000000582. The number of pyridine rings is 1. The van der Waals surface area contributed by atoms with Crippen LogP contribution in [0.15, 0.2) is 78.4 Å². The molecular weight excluding hydrogens is 653 g/mol. The van der Waals surface area contributed by atoms with Gasteiger partial charge in [0.1, 0.15) is 0 Å². The summed E-state index contributed by atoms with van der Waals surface area (Å²) in [5, 5.41) is 22.9. The number of carbonyl (C=O) groups is 2. The van der Waals surface area contributed by atoms with Crippen molar-refractivity contribution in [3.05, 3.63) is 94.6 Å². The standard InChI is InChI=1S/C30H27ClN8O2.C2HF3O2/c1-18-4-3-5-27(25-12-19(8-10-32-25)29-26(37-30(18)41)16-36-38(29)2)39-17-33-24(14-28(39)40)23-13-21(31)6-7-22(23)20-9-11-34-35-15-20;3-2(4,5)1(6)7/h6-18,27H,3-5H2,1-2H3,(H,37,41);(H,6,7)/t18-,27+;/m1./s1. The molecule has 0 fully saturated rings. The number of amides is 1. The average molecular weight is 681 g/mol. The number of nitrogens with one attached hydrogen (secondary N) is 1. The average Bonchev–Trinajstić information content (AvgIpc) is 3.42. The van der Waals surface area contributed by atoms with Gasteiger partial charge in [-0.05, 0) is 48.7 Å². The van der Waals surface area contributed by atoms with E-state index < -0.39 is 12.1 Å². The molecule has 5 aromatic rings. The third-order valence-electron chi connectivity index (χ3n) is 7.72. The summed E-state index contributed by atoms with van der Waals surface area (Å²) in [5.74, 6) is -3.03. The number of aryl methyl sites for hydroxylation is 1. The number of aliphatic carboxylic acids is 1. The van der Waals surface area contributed by atoms with Gasteiger partial charge in [-0.1, -0.05) is 31.0 Å². The molecule has 0 unspecified atom stereocenters. The van der Waals surface area contributed by atoms with E-state index in [-0.39, 0.29) is 23.4 Å². The summed E-state index contributed by atoms with van der Waals surface area (Å²) >= 11 is 6.35. The van der Waals surface area contributed by atoms with E-state index in [1.54, 1.807) is 52.5 Å². The number of hydrogen-bond donors (Lipinski definition) is 2. The van der Waals surface area contributed by atoms with Crippen LogP contribution in [0.1, 0.15) is 37.9 Å². The van der Waals surface area contributed by atoms with Crippen molar-refractivity contribution in [3.8, 4) is 33.6 Å². The van der Waals surface area contributed by atoms with E-state index in [1.807, 2.05) is 38.2 Å². The summed E-state index contributed by atoms with van der Waals surface area (Å²) < 4.78 is 35.1. The van der Waals surface area contributed by atoms with Crippen LogP contribution in [0.5, 0.6) is 0 Å². The second kappa shape index (κ2) is 14.1. The van der Waals surface area contributed by atoms with Crippen molar-refractivity contribution in [2.45, 2.75) is 38.4 Å². The molecule has 2 atom stereocenters. The molecule has 12 nitrogen and oxygen atoms in total. The SMILES string of the molecule is C[C@@H]1CCC[C@H](n2cnc(-c3cc(Cl)ccc3-c3ccnnc3)cc2=O)c2cc(ccn2)-c2c(cnn2C)NC1=O.O=C(O)C(F)(F)F. The normalized spacial score (nSPS) is 16.3. The van der Waals surface area contributed by atoms with Crippen LogP contribution in [-0.2, 0) is 16.6 Å². The Morgan fingerprint density at radius 1 is 0.979 bits per heavy atom. The highest BCUT2D eigenvalue weighted by molar-refractivity contribution is 6.31. The second-order valence-electron chi connectivity index (χ2n) is 11.0. The largest absolute Gasteiger partial charge is 0.490 e. The molecule has 6 rings (SSSR count).